The molecule has 0 aliphatic heterocycles. The molecule has 0 heterocycles. The molecule has 29 heavy (non-hydrogen) atoms. The number of carbonyl (C=O) groups excluding carboxylic acids is 5. The van der Waals surface area contributed by atoms with Crippen molar-refractivity contribution in [2.45, 2.75) is 0 Å². The highest BCUT2D eigenvalue weighted by Gasteiger charge is 2.22. The van der Waals surface area contributed by atoms with Crippen LogP contribution in [-0.2, 0) is 19.1 Å². The number of esters is 2. The molecule has 150 valence electrons. The monoisotopic (exact) mass is 399 g/mol. The predicted octanol–water partition coefficient (Wildman–Crippen LogP) is 0.737. The summed E-state index contributed by atoms with van der Waals surface area (Å²) in [7, 11) is 2.28. The first kappa shape index (κ1) is 21.1. The van der Waals surface area contributed by atoms with Gasteiger partial charge in [0, 0.05) is 5.69 Å². The molecule has 2 rings (SSSR count). The van der Waals surface area contributed by atoms with Crippen molar-refractivity contribution < 1.29 is 33.4 Å². The first-order valence-electron chi connectivity index (χ1n) is 8.10. The van der Waals surface area contributed by atoms with Crippen LogP contribution in [0.4, 0.5) is 11.4 Å². The Kier molecular flexibility index (Phi) is 6.64. The third-order valence-corrected chi connectivity index (χ3v) is 3.73. The Hall–Kier alpha value is -4.21. The summed E-state index contributed by atoms with van der Waals surface area (Å²) in [6.45, 7) is 0. The highest BCUT2D eigenvalue weighted by Crippen LogP contribution is 2.20. The summed E-state index contributed by atoms with van der Waals surface area (Å²) >= 11 is 0. The lowest BCUT2D eigenvalue weighted by Gasteiger charge is -2.11. The third-order valence-electron chi connectivity index (χ3n) is 3.73. The number of nitrogen functional groups attached to an aromatic ring is 1. The van der Waals surface area contributed by atoms with Crippen LogP contribution in [0.3, 0.4) is 0 Å². The van der Waals surface area contributed by atoms with Gasteiger partial charge in [0.05, 0.1) is 36.6 Å². The summed E-state index contributed by atoms with van der Waals surface area (Å²) in [6.07, 6.45) is 0. The summed E-state index contributed by atoms with van der Waals surface area (Å²) in [4.78, 5) is 59.9. The van der Waals surface area contributed by atoms with Crippen molar-refractivity contribution in [2.75, 3.05) is 25.3 Å². The topological polar surface area (TPSA) is 154 Å². The van der Waals surface area contributed by atoms with Crippen LogP contribution in [0.5, 0.6) is 0 Å². The lowest BCUT2D eigenvalue weighted by atomic mass is 10.1. The molecular weight excluding hydrogens is 382 g/mol. The number of anilines is 2. The van der Waals surface area contributed by atoms with Gasteiger partial charge in [-0.05, 0) is 30.3 Å². The van der Waals surface area contributed by atoms with Gasteiger partial charge in [-0.2, -0.15) is 0 Å². The second kappa shape index (κ2) is 9.13. The lowest BCUT2D eigenvalue weighted by Crippen LogP contribution is -2.39. The minimum absolute atomic E-state index is 0.0107. The number of para-hydroxylation sites is 1. The van der Waals surface area contributed by atoms with Crippen LogP contribution >= 0.6 is 0 Å². The van der Waals surface area contributed by atoms with Crippen molar-refractivity contribution in [3.63, 3.8) is 0 Å². The molecule has 0 aliphatic rings. The minimum atomic E-state index is -1.29. The predicted molar refractivity (Wildman–Crippen MR) is 101 cm³/mol. The van der Waals surface area contributed by atoms with E-state index in [0.29, 0.717) is 0 Å². The van der Waals surface area contributed by atoms with Crippen LogP contribution in [0.15, 0.2) is 42.5 Å². The number of nitrogens with one attached hydrogen (secondary N) is 2. The first-order chi connectivity index (χ1) is 13.8. The maximum atomic E-state index is 12.2. The van der Waals surface area contributed by atoms with Crippen LogP contribution in [0.2, 0.25) is 0 Å². The summed E-state index contributed by atoms with van der Waals surface area (Å²) in [5.41, 5.74) is 5.52. The molecule has 0 unspecified atom stereocenters. The fourth-order valence-electron chi connectivity index (χ4n) is 2.29. The van der Waals surface area contributed by atoms with Crippen molar-refractivity contribution in [3.8, 4) is 0 Å². The van der Waals surface area contributed by atoms with E-state index in [1.165, 1.54) is 30.3 Å². The van der Waals surface area contributed by atoms with E-state index in [1.54, 1.807) is 6.07 Å². The molecule has 0 aromatic heterocycles. The Balaban J connectivity index is 2.23. The molecule has 10 heteroatoms. The number of methoxy groups -OCH3 is 2. The van der Waals surface area contributed by atoms with Crippen molar-refractivity contribution in [2.24, 2.45) is 0 Å². The molecule has 2 aromatic rings. The Bertz CT molecular complexity index is 1000. The molecule has 0 saturated carbocycles. The van der Waals surface area contributed by atoms with E-state index in [-0.39, 0.29) is 28.1 Å². The van der Waals surface area contributed by atoms with Crippen LogP contribution in [0.1, 0.15) is 31.1 Å². The summed E-state index contributed by atoms with van der Waals surface area (Å²) in [5.74, 6) is -4.96. The average Bonchev–Trinajstić information content (AvgIpc) is 2.72. The smallest absolute Gasteiger partial charge is 0.339 e. The van der Waals surface area contributed by atoms with Gasteiger partial charge in [0.15, 0.2) is 0 Å². The Morgan fingerprint density at radius 2 is 1.48 bits per heavy atom. The van der Waals surface area contributed by atoms with Crippen LogP contribution < -0.4 is 16.4 Å². The van der Waals surface area contributed by atoms with Gasteiger partial charge >= 0.3 is 23.8 Å². The highest BCUT2D eigenvalue weighted by molar-refractivity contribution is 6.42. The van der Waals surface area contributed by atoms with Crippen LogP contribution in [0.25, 0.3) is 0 Å². The van der Waals surface area contributed by atoms with Gasteiger partial charge in [0.25, 0.3) is 5.91 Å². The van der Waals surface area contributed by atoms with E-state index < -0.39 is 29.7 Å². The molecule has 0 saturated heterocycles. The minimum Gasteiger partial charge on any atom is -0.465 e. The number of hydrogen-bond donors (Lipinski definition) is 3. The number of rotatable bonds is 4. The van der Waals surface area contributed by atoms with E-state index in [1.807, 2.05) is 5.32 Å². The lowest BCUT2D eigenvalue weighted by molar-refractivity contribution is -0.135. The standard InChI is InChI=1S/C19H17N3O7/c1-28-18(26)10-7-8-12(19(27)29-2)14(9-10)21-16(24)17(25)22-15(23)11-5-3-4-6-13(11)20/h3-9H,20H2,1-2H3,(H,21,24)(H,22,23,25). The molecule has 0 aliphatic carbocycles. The molecular formula is C19H17N3O7. The SMILES string of the molecule is COC(=O)c1ccc(C(=O)OC)c(NC(=O)C(=O)NC(=O)c2ccccc2N)c1. The van der Waals surface area contributed by atoms with Gasteiger partial charge in [-0.25, -0.2) is 9.59 Å². The average molecular weight is 399 g/mol. The second-order valence-electron chi connectivity index (χ2n) is 5.57. The number of ether oxygens (including phenoxy) is 2. The largest absolute Gasteiger partial charge is 0.465 e. The number of carbonyl (C=O) groups is 5. The van der Waals surface area contributed by atoms with Crippen molar-refractivity contribution in [1.82, 2.24) is 5.32 Å². The van der Waals surface area contributed by atoms with Crippen molar-refractivity contribution in [1.29, 1.82) is 0 Å². The fraction of sp³-hybridized carbons (Fsp3) is 0.105. The number of nitrogens with two attached hydrogens (primary N) is 1. The van der Waals surface area contributed by atoms with Gasteiger partial charge in [-0.1, -0.05) is 12.1 Å². The molecule has 0 fully saturated rings. The van der Waals surface area contributed by atoms with E-state index in [9.17, 15) is 24.0 Å². The molecule has 4 N–H and O–H groups in total. The second-order valence-corrected chi connectivity index (χ2v) is 5.57. The zero-order valence-electron chi connectivity index (χ0n) is 15.5. The Labute approximate surface area is 165 Å². The van der Waals surface area contributed by atoms with E-state index in [2.05, 4.69) is 14.8 Å². The fourth-order valence-corrected chi connectivity index (χ4v) is 2.29. The van der Waals surface area contributed by atoms with Gasteiger partial charge in [0.1, 0.15) is 0 Å². The maximum Gasteiger partial charge on any atom is 0.339 e. The summed E-state index contributed by atoms with van der Waals surface area (Å²) in [6, 6.07) is 9.63. The van der Waals surface area contributed by atoms with E-state index >= 15 is 0 Å². The van der Waals surface area contributed by atoms with E-state index in [4.69, 9.17) is 5.73 Å². The highest BCUT2D eigenvalue weighted by atomic mass is 16.5. The zero-order valence-corrected chi connectivity index (χ0v) is 15.5. The number of benzene rings is 2. The zero-order chi connectivity index (χ0) is 21.6. The summed E-state index contributed by atoms with van der Waals surface area (Å²) in [5, 5.41) is 4.06. The molecule has 0 atom stereocenters. The normalized spacial score (nSPS) is 9.86. The number of hydrogen-bond acceptors (Lipinski definition) is 8. The molecule has 0 spiro atoms. The third kappa shape index (κ3) is 4.95. The van der Waals surface area contributed by atoms with Crippen molar-refractivity contribution >= 4 is 41.0 Å². The first-order valence-corrected chi connectivity index (χ1v) is 8.10. The maximum absolute atomic E-state index is 12.2. The van der Waals surface area contributed by atoms with E-state index in [0.717, 1.165) is 20.3 Å². The number of amides is 3. The quantitative estimate of drug-likeness (QED) is 0.386. The molecule has 0 radical (unpaired) electrons. The molecule has 3 amide bonds. The molecule has 2 aromatic carbocycles. The van der Waals surface area contributed by atoms with Crippen molar-refractivity contribution in [3.05, 3.63) is 59.2 Å². The Morgan fingerprint density at radius 1 is 0.828 bits per heavy atom. The van der Waals surface area contributed by atoms with Gasteiger partial charge < -0.3 is 20.5 Å². The van der Waals surface area contributed by atoms with Crippen LogP contribution in [-0.4, -0.2) is 43.9 Å². The summed E-state index contributed by atoms with van der Waals surface area (Å²) < 4.78 is 9.19. The van der Waals surface area contributed by atoms with Gasteiger partial charge in [0.2, 0.25) is 0 Å². The Morgan fingerprint density at radius 3 is 2.10 bits per heavy atom. The molecule has 10 nitrogen and oxygen atoms in total. The van der Waals surface area contributed by atoms with Gasteiger partial charge in [-0.3, -0.25) is 19.7 Å². The van der Waals surface area contributed by atoms with Gasteiger partial charge in [-0.15, -0.1) is 0 Å². The van der Waals surface area contributed by atoms with Crippen LogP contribution in [0, 0.1) is 0 Å². The molecule has 0 bridgehead atoms. The number of imide groups is 1.